The number of halogens is 4. The largest absolute Gasteiger partial charge is 1.00 e. The Labute approximate surface area is 335 Å². The minimum atomic E-state index is -4.35. The van der Waals surface area contributed by atoms with Gasteiger partial charge in [0.1, 0.15) is 28.3 Å². The maximum absolute atomic E-state index is 14.2. The zero-order chi connectivity index (χ0) is 37.1. The maximum Gasteiger partial charge on any atom is 0.244 e. The molecule has 3 heterocycles. The van der Waals surface area contributed by atoms with Crippen molar-refractivity contribution in [3.05, 3.63) is 63.3 Å². The van der Waals surface area contributed by atoms with Crippen molar-refractivity contribution in [2.45, 2.75) is 62.6 Å². The van der Waals surface area contributed by atoms with Gasteiger partial charge < -0.3 is 41.9 Å². The zero-order valence-electron chi connectivity index (χ0n) is 30.8. The molecular formula is C36H50Cl4N6O6S. The molecule has 2 amide bonds. The van der Waals surface area contributed by atoms with Gasteiger partial charge in [0.2, 0.25) is 21.8 Å². The molecule has 2 aromatic carbocycles. The van der Waals surface area contributed by atoms with Crippen LogP contribution in [0.25, 0.3) is 10.9 Å². The summed E-state index contributed by atoms with van der Waals surface area (Å²) in [6.45, 7) is 6.21. The number of pyridine rings is 1. The molecule has 294 valence electrons. The van der Waals surface area contributed by atoms with Crippen LogP contribution in [0.5, 0.6) is 5.75 Å². The number of nitrogens with two attached hydrogens (primary N) is 1. The molecule has 5 rings (SSSR count). The molecule has 0 radical (unpaired) electrons. The van der Waals surface area contributed by atoms with E-state index in [2.05, 4.69) is 30.8 Å². The molecule has 2 aliphatic rings. The second-order valence-electron chi connectivity index (χ2n) is 14.5. The van der Waals surface area contributed by atoms with Gasteiger partial charge in [0.25, 0.3) is 0 Å². The number of aromatic nitrogens is 1. The molecule has 2 fully saturated rings. The van der Waals surface area contributed by atoms with Gasteiger partial charge in [-0.3, -0.25) is 9.59 Å². The van der Waals surface area contributed by atoms with Crippen molar-refractivity contribution in [1.82, 2.24) is 19.5 Å². The predicted octanol–water partition coefficient (Wildman–Crippen LogP) is 1.48. The lowest BCUT2D eigenvalue weighted by atomic mass is 9.89. The fourth-order valence-electron chi connectivity index (χ4n) is 6.71. The van der Waals surface area contributed by atoms with Crippen molar-refractivity contribution in [3.8, 4) is 5.75 Å². The molecule has 1 atom stereocenters. The van der Waals surface area contributed by atoms with Crippen LogP contribution in [-0.2, 0) is 31.0 Å². The van der Waals surface area contributed by atoms with Crippen molar-refractivity contribution in [1.29, 1.82) is 0 Å². The SMILES string of the molecule is Cc1cc(C)c2cccc(OCc3c(Cl)ccc(S(=O)(=O)NC4(C(=O)N5CCN(C(=O)C(N)CCC[N+](C)(C)C)CC5)CCOCC4)c3Cl)c2n1.Cl.[Cl-]. The van der Waals surface area contributed by atoms with Crippen molar-refractivity contribution < 1.29 is 44.4 Å². The van der Waals surface area contributed by atoms with Gasteiger partial charge in [0.15, 0.2) is 0 Å². The molecular weight excluding hydrogens is 786 g/mol. The molecule has 12 nitrogen and oxygen atoms in total. The van der Waals surface area contributed by atoms with Crippen molar-refractivity contribution >= 4 is 68.3 Å². The Bertz CT molecular complexity index is 1880. The Balaban J connectivity index is 0.00000378. The highest BCUT2D eigenvalue weighted by Gasteiger charge is 2.47. The minimum Gasteiger partial charge on any atom is -1.00 e. The summed E-state index contributed by atoms with van der Waals surface area (Å²) in [6.07, 6.45) is 1.68. The standard InChI is InChI=1S/C36H49Cl2N6O6S.2ClH/c1-24-22-25(2)40-33-26(24)8-6-10-30(33)50-23-27-28(37)11-12-31(32(27)38)51(47,48)41-36(13-20-49-21-14-36)35(46)43-17-15-42(16-18-43)34(45)29(39)9-7-19-44(3,4)5;;/h6,8,10-12,22,29,41H,7,9,13-21,23,39H2,1-5H3;2*1H/q+1;;/p-1. The number of hydrogen-bond acceptors (Lipinski definition) is 8. The third kappa shape index (κ3) is 10.6. The van der Waals surface area contributed by atoms with Gasteiger partial charge in [-0.2, -0.15) is 4.72 Å². The first-order valence-electron chi connectivity index (χ1n) is 17.2. The average molecular weight is 837 g/mol. The van der Waals surface area contributed by atoms with E-state index in [0.29, 0.717) is 30.8 Å². The second-order valence-corrected chi connectivity index (χ2v) is 17.0. The molecule has 0 spiro atoms. The van der Waals surface area contributed by atoms with Crippen LogP contribution < -0.4 is 27.6 Å². The highest BCUT2D eigenvalue weighted by Crippen LogP contribution is 2.35. The lowest BCUT2D eigenvalue weighted by Gasteiger charge is -2.43. The number of amides is 2. The third-order valence-corrected chi connectivity index (χ3v) is 12.1. The van der Waals surface area contributed by atoms with Gasteiger partial charge in [-0.15, -0.1) is 12.4 Å². The van der Waals surface area contributed by atoms with E-state index in [1.165, 1.54) is 12.1 Å². The highest BCUT2D eigenvalue weighted by atomic mass is 35.5. The van der Waals surface area contributed by atoms with Crippen LogP contribution in [0.2, 0.25) is 10.0 Å². The zero-order valence-corrected chi connectivity index (χ0v) is 34.7. The van der Waals surface area contributed by atoms with Gasteiger partial charge in [-0.25, -0.2) is 13.4 Å². The first kappa shape index (κ1) is 44.9. The van der Waals surface area contributed by atoms with Crippen LogP contribution in [0.4, 0.5) is 0 Å². The number of sulfonamides is 1. The molecule has 2 saturated heterocycles. The van der Waals surface area contributed by atoms with Crippen LogP contribution in [0, 0.1) is 13.8 Å². The average Bonchev–Trinajstić information content (AvgIpc) is 3.07. The number of carbonyl (C=O) groups is 2. The number of para-hydroxylation sites is 1. The van der Waals surface area contributed by atoms with E-state index in [4.69, 9.17) is 38.4 Å². The number of hydrogen-bond donors (Lipinski definition) is 2. The van der Waals surface area contributed by atoms with Crippen molar-refractivity contribution in [2.75, 3.05) is 67.1 Å². The summed E-state index contributed by atoms with van der Waals surface area (Å²) < 4.78 is 43.4. The van der Waals surface area contributed by atoms with E-state index in [1.807, 2.05) is 32.0 Å². The third-order valence-electron chi connectivity index (χ3n) is 9.57. The number of benzene rings is 2. The molecule has 53 heavy (non-hydrogen) atoms. The lowest BCUT2D eigenvalue weighted by Crippen LogP contribution is -3.00. The summed E-state index contributed by atoms with van der Waals surface area (Å²) in [7, 11) is 1.94. The number of rotatable bonds is 12. The number of fused-ring (bicyclic) bond motifs is 1. The first-order chi connectivity index (χ1) is 24.0. The number of nitrogens with one attached hydrogen (secondary N) is 1. The second kappa shape index (κ2) is 18.4. The van der Waals surface area contributed by atoms with Crippen LogP contribution in [-0.4, -0.2) is 118 Å². The molecule has 0 saturated carbocycles. The van der Waals surface area contributed by atoms with Crippen molar-refractivity contribution in [2.24, 2.45) is 5.73 Å². The van der Waals surface area contributed by atoms with E-state index in [0.717, 1.165) is 34.1 Å². The van der Waals surface area contributed by atoms with E-state index in [-0.39, 0.29) is 103 Å². The predicted molar refractivity (Wildman–Crippen MR) is 206 cm³/mol. The molecule has 2 aliphatic heterocycles. The quantitative estimate of drug-likeness (QED) is 0.262. The smallest absolute Gasteiger partial charge is 0.244 e. The molecule has 1 unspecified atom stereocenters. The topological polar surface area (TPSA) is 144 Å². The lowest BCUT2D eigenvalue weighted by molar-refractivity contribution is -0.870. The highest BCUT2D eigenvalue weighted by molar-refractivity contribution is 7.89. The minimum absolute atomic E-state index is 0. The Kier molecular flexibility index (Phi) is 15.6. The maximum atomic E-state index is 14.2. The number of aryl methyl sites for hydroxylation is 2. The number of nitrogens with zero attached hydrogens (tertiary/aromatic N) is 4. The molecule has 3 N–H and O–H groups in total. The normalized spacial score (nSPS) is 16.8. The Morgan fingerprint density at radius 3 is 2.34 bits per heavy atom. The van der Waals surface area contributed by atoms with Crippen molar-refractivity contribution in [3.63, 3.8) is 0 Å². The monoisotopic (exact) mass is 834 g/mol. The van der Waals surface area contributed by atoms with E-state index < -0.39 is 21.6 Å². The summed E-state index contributed by atoms with van der Waals surface area (Å²) in [5, 5.41) is 1.07. The fraction of sp³-hybridized carbons (Fsp3) is 0.528. The summed E-state index contributed by atoms with van der Waals surface area (Å²) in [6, 6.07) is 9.78. The summed E-state index contributed by atoms with van der Waals surface area (Å²) in [4.78, 5) is 35.0. The van der Waals surface area contributed by atoms with Gasteiger partial charge >= 0.3 is 0 Å². The first-order valence-corrected chi connectivity index (χ1v) is 19.5. The molecule has 3 aromatic rings. The number of carbonyl (C=O) groups excluding carboxylic acids is 2. The molecule has 0 bridgehead atoms. The van der Waals surface area contributed by atoms with Gasteiger partial charge in [-0.1, -0.05) is 35.3 Å². The van der Waals surface area contributed by atoms with Gasteiger partial charge in [0, 0.05) is 61.1 Å². The molecule has 17 heteroatoms. The molecule has 1 aromatic heterocycles. The Hall–Kier alpha value is -2.46. The van der Waals surface area contributed by atoms with Crippen LogP contribution in [0.1, 0.15) is 42.5 Å². The summed E-state index contributed by atoms with van der Waals surface area (Å²) in [5.74, 6) is 0.00807. The molecule has 0 aliphatic carbocycles. The van der Waals surface area contributed by atoms with E-state index in [1.54, 1.807) is 15.9 Å². The van der Waals surface area contributed by atoms with Crippen LogP contribution >= 0.6 is 35.6 Å². The summed E-state index contributed by atoms with van der Waals surface area (Å²) in [5.41, 5.74) is 7.63. The number of piperazine rings is 1. The summed E-state index contributed by atoms with van der Waals surface area (Å²) >= 11 is 13.3. The Morgan fingerprint density at radius 2 is 1.70 bits per heavy atom. The van der Waals surface area contributed by atoms with Crippen LogP contribution in [0.15, 0.2) is 41.3 Å². The van der Waals surface area contributed by atoms with Gasteiger partial charge in [-0.05, 0) is 69.4 Å². The number of ether oxygens (including phenoxy) is 2. The van der Waals surface area contributed by atoms with E-state index in [9.17, 15) is 18.0 Å². The Morgan fingerprint density at radius 1 is 1.06 bits per heavy atom. The van der Waals surface area contributed by atoms with Gasteiger partial charge in [0.05, 0.1) is 38.8 Å². The number of quaternary nitrogens is 1. The van der Waals surface area contributed by atoms with Crippen LogP contribution in [0.3, 0.4) is 0 Å². The fourth-order valence-corrected chi connectivity index (χ4v) is 9.01. The van der Waals surface area contributed by atoms with E-state index >= 15 is 0 Å².